The zero-order chi connectivity index (χ0) is 20.7. The van der Waals surface area contributed by atoms with Crippen LogP contribution >= 0.6 is 11.6 Å². The molecule has 0 saturated heterocycles. The second kappa shape index (κ2) is 9.46. The van der Waals surface area contributed by atoms with Crippen LogP contribution in [0, 0.1) is 0 Å². The van der Waals surface area contributed by atoms with Crippen molar-refractivity contribution in [3.8, 4) is 5.75 Å². The minimum Gasteiger partial charge on any atom is -0.497 e. The van der Waals surface area contributed by atoms with Crippen molar-refractivity contribution in [2.75, 3.05) is 12.4 Å². The first-order chi connectivity index (χ1) is 13.2. The fourth-order valence-corrected chi connectivity index (χ4v) is 2.48. The minimum atomic E-state index is -0.843. The number of hydrogen-bond acceptors (Lipinski definition) is 5. The first-order valence-electron chi connectivity index (χ1n) is 8.75. The molecule has 0 bridgehead atoms. The lowest BCUT2D eigenvalue weighted by Gasteiger charge is -2.23. The van der Waals surface area contributed by atoms with Crippen LogP contribution in [0.25, 0.3) is 0 Å². The van der Waals surface area contributed by atoms with Gasteiger partial charge in [-0.05, 0) is 62.7 Å². The van der Waals surface area contributed by atoms with Crippen LogP contribution in [0.4, 0.5) is 10.5 Å². The standard InChI is InChI=1S/C21H24ClNO5/c1-21(2,3)28-20(25)27-18(14-5-7-15(22)8-6-14)13-19(24)23-16-9-11-17(26-4)12-10-16/h5-12,18H,13H2,1-4H3,(H,23,24). The number of hydrogen-bond donors (Lipinski definition) is 1. The number of carbonyl (C=O) groups is 2. The highest BCUT2D eigenvalue weighted by molar-refractivity contribution is 6.30. The van der Waals surface area contributed by atoms with Crippen molar-refractivity contribution in [2.45, 2.75) is 38.9 Å². The van der Waals surface area contributed by atoms with Crippen molar-refractivity contribution in [2.24, 2.45) is 0 Å². The zero-order valence-electron chi connectivity index (χ0n) is 16.3. The molecule has 0 aliphatic carbocycles. The molecular weight excluding hydrogens is 382 g/mol. The monoisotopic (exact) mass is 405 g/mol. The van der Waals surface area contributed by atoms with E-state index >= 15 is 0 Å². The average Bonchev–Trinajstić information content (AvgIpc) is 2.61. The third kappa shape index (κ3) is 7.12. The van der Waals surface area contributed by atoms with Crippen molar-refractivity contribution in [1.82, 2.24) is 0 Å². The summed E-state index contributed by atoms with van der Waals surface area (Å²) in [6, 6.07) is 13.7. The van der Waals surface area contributed by atoms with E-state index in [0.717, 1.165) is 0 Å². The topological polar surface area (TPSA) is 73.9 Å². The van der Waals surface area contributed by atoms with Crippen LogP contribution in [0.15, 0.2) is 48.5 Å². The van der Waals surface area contributed by atoms with Gasteiger partial charge in [0.2, 0.25) is 5.91 Å². The Bertz CT molecular complexity index is 797. The number of methoxy groups -OCH3 is 1. The summed E-state index contributed by atoms with van der Waals surface area (Å²) < 4.78 is 15.7. The van der Waals surface area contributed by atoms with Gasteiger partial charge in [-0.25, -0.2) is 4.79 Å². The Balaban J connectivity index is 2.10. The first-order valence-corrected chi connectivity index (χ1v) is 9.13. The minimum absolute atomic E-state index is 0.0765. The van der Waals surface area contributed by atoms with Crippen molar-refractivity contribution in [1.29, 1.82) is 0 Å². The van der Waals surface area contributed by atoms with Gasteiger partial charge in [0.1, 0.15) is 17.5 Å². The summed E-state index contributed by atoms with van der Waals surface area (Å²) in [6.45, 7) is 5.21. The van der Waals surface area contributed by atoms with E-state index in [0.29, 0.717) is 22.0 Å². The molecule has 6 nitrogen and oxygen atoms in total. The summed E-state index contributed by atoms with van der Waals surface area (Å²) >= 11 is 5.93. The second-order valence-corrected chi connectivity index (χ2v) is 7.54. The Hall–Kier alpha value is -2.73. The van der Waals surface area contributed by atoms with Crippen molar-refractivity contribution in [3.05, 3.63) is 59.1 Å². The van der Waals surface area contributed by atoms with Gasteiger partial charge in [0.15, 0.2) is 0 Å². The molecule has 2 aromatic rings. The summed E-state index contributed by atoms with van der Waals surface area (Å²) in [4.78, 5) is 24.6. The van der Waals surface area contributed by atoms with E-state index in [1.165, 1.54) is 0 Å². The second-order valence-electron chi connectivity index (χ2n) is 7.10. The molecule has 0 aliphatic rings. The molecule has 1 unspecified atom stereocenters. The van der Waals surface area contributed by atoms with Crippen LogP contribution < -0.4 is 10.1 Å². The predicted molar refractivity (Wildman–Crippen MR) is 108 cm³/mol. The molecule has 150 valence electrons. The Morgan fingerprint density at radius 1 is 1.04 bits per heavy atom. The lowest BCUT2D eigenvalue weighted by Crippen LogP contribution is -2.27. The van der Waals surface area contributed by atoms with Gasteiger partial charge in [-0.15, -0.1) is 0 Å². The molecule has 1 atom stereocenters. The van der Waals surface area contributed by atoms with Gasteiger partial charge in [-0.3, -0.25) is 4.79 Å². The quantitative estimate of drug-likeness (QED) is 0.654. The molecule has 2 rings (SSSR count). The highest BCUT2D eigenvalue weighted by Gasteiger charge is 2.25. The predicted octanol–water partition coefficient (Wildman–Crippen LogP) is 5.37. The number of amides is 1. The van der Waals surface area contributed by atoms with Gasteiger partial charge in [-0.2, -0.15) is 0 Å². The highest BCUT2D eigenvalue weighted by atomic mass is 35.5. The molecular formula is C21H24ClNO5. The lowest BCUT2D eigenvalue weighted by molar-refractivity contribution is -0.118. The average molecular weight is 406 g/mol. The largest absolute Gasteiger partial charge is 0.509 e. The van der Waals surface area contributed by atoms with Gasteiger partial charge in [0.25, 0.3) is 0 Å². The van der Waals surface area contributed by atoms with Crippen molar-refractivity contribution >= 4 is 29.4 Å². The van der Waals surface area contributed by atoms with Gasteiger partial charge < -0.3 is 19.5 Å². The normalized spacial score (nSPS) is 12.0. The SMILES string of the molecule is COc1ccc(NC(=O)CC(OC(=O)OC(C)(C)C)c2ccc(Cl)cc2)cc1. The van der Waals surface area contributed by atoms with Crippen molar-refractivity contribution in [3.63, 3.8) is 0 Å². The van der Waals surface area contributed by atoms with E-state index < -0.39 is 17.9 Å². The van der Waals surface area contributed by atoms with Gasteiger partial charge in [0, 0.05) is 10.7 Å². The maximum absolute atomic E-state index is 12.5. The van der Waals surface area contributed by atoms with Crippen molar-refractivity contribution < 1.29 is 23.8 Å². The van der Waals surface area contributed by atoms with Gasteiger partial charge in [-0.1, -0.05) is 23.7 Å². The molecule has 0 aromatic heterocycles. The number of rotatable bonds is 6. The number of ether oxygens (including phenoxy) is 3. The van der Waals surface area contributed by atoms with Crippen LogP contribution in [0.5, 0.6) is 5.75 Å². The Labute approximate surface area is 169 Å². The summed E-state index contributed by atoms with van der Waals surface area (Å²) in [5, 5.41) is 3.32. The number of halogens is 1. The molecule has 1 amide bonds. The maximum atomic E-state index is 12.5. The van der Waals surface area contributed by atoms with Crippen LogP contribution in [-0.2, 0) is 14.3 Å². The number of benzene rings is 2. The molecule has 0 radical (unpaired) electrons. The van der Waals surface area contributed by atoms with E-state index in [4.69, 9.17) is 25.8 Å². The van der Waals surface area contributed by atoms with E-state index in [2.05, 4.69) is 5.32 Å². The van der Waals surface area contributed by atoms with E-state index in [-0.39, 0.29) is 12.3 Å². The van der Waals surface area contributed by atoms with E-state index in [1.54, 1.807) is 76.4 Å². The first kappa shape index (κ1) is 21.6. The fourth-order valence-electron chi connectivity index (χ4n) is 2.35. The molecule has 1 N–H and O–H groups in total. The summed E-state index contributed by atoms with van der Waals surface area (Å²) in [6.07, 6.45) is -1.73. The molecule has 0 fully saturated rings. The molecule has 28 heavy (non-hydrogen) atoms. The molecule has 2 aromatic carbocycles. The fraction of sp³-hybridized carbons (Fsp3) is 0.333. The lowest BCUT2D eigenvalue weighted by atomic mass is 10.1. The van der Waals surface area contributed by atoms with Crippen LogP contribution in [-0.4, -0.2) is 24.8 Å². The number of nitrogens with one attached hydrogen (secondary N) is 1. The molecule has 7 heteroatoms. The third-order valence-corrected chi connectivity index (χ3v) is 3.87. The zero-order valence-corrected chi connectivity index (χ0v) is 17.1. The molecule has 0 heterocycles. The third-order valence-electron chi connectivity index (χ3n) is 3.61. The van der Waals surface area contributed by atoms with E-state index in [1.807, 2.05) is 0 Å². The summed E-state index contributed by atoms with van der Waals surface area (Å²) in [7, 11) is 1.57. The van der Waals surface area contributed by atoms with E-state index in [9.17, 15) is 9.59 Å². The Morgan fingerprint density at radius 2 is 1.64 bits per heavy atom. The Morgan fingerprint density at radius 3 is 2.18 bits per heavy atom. The Kier molecular flexibility index (Phi) is 7.29. The van der Waals surface area contributed by atoms with Gasteiger partial charge in [0.05, 0.1) is 13.5 Å². The summed E-state index contributed by atoms with van der Waals surface area (Å²) in [5.41, 5.74) is 0.547. The summed E-state index contributed by atoms with van der Waals surface area (Å²) in [5.74, 6) is 0.374. The molecule has 0 spiro atoms. The molecule has 0 aliphatic heterocycles. The smallest absolute Gasteiger partial charge is 0.497 e. The number of anilines is 1. The van der Waals surface area contributed by atoms with Crippen LogP contribution in [0.3, 0.4) is 0 Å². The van der Waals surface area contributed by atoms with Gasteiger partial charge >= 0.3 is 6.16 Å². The maximum Gasteiger partial charge on any atom is 0.509 e. The van der Waals surface area contributed by atoms with Crippen LogP contribution in [0.1, 0.15) is 38.9 Å². The van der Waals surface area contributed by atoms with Crippen LogP contribution in [0.2, 0.25) is 5.02 Å². The number of carbonyl (C=O) groups excluding carboxylic acids is 2. The molecule has 0 saturated carbocycles. The highest BCUT2D eigenvalue weighted by Crippen LogP contribution is 2.25.